The zero-order valence-corrected chi connectivity index (χ0v) is 17.3. The lowest BCUT2D eigenvalue weighted by atomic mass is 9.82. The zero-order valence-electron chi connectivity index (χ0n) is 17.3. The predicted octanol–water partition coefficient (Wildman–Crippen LogP) is 4.60. The number of hydrogen-bond donors (Lipinski definition) is 1. The number of unbranched alkanes of at least 4 members (excludes halogenated alkanes) is 5. The van der Waals surface area contributed by atoms with Gasteiger partial charge in [-0.25, -0.2) is 0 Å². The first-order chi connectivity index (χ1) is 13.7. The van der Waals surface area contributed by atoms with Crippen molar-refractivity contribution in [2.75, 3.05) is 6.61 Å². The summed E-state index contributed by atoms with van der Waals surface area (Å²) in [5.74, 6) is 0.317. The molecule has 1 aliphatic carbocycles. The molecule has 1 N–H and O–H groups in total. The molecule has 0 spiro atoms. The molecular formula is C24H35NO3. The minimum Gasteiger partial charge on any atom is -0.465 e. The lowest BCUT2D eigenvalue weighted by Crippen LogP contribution is -2.53. The van der Waals surface area contributed by atoms with Gasteiger partial charge in [0, 0.05) is 6.42 Å². The minimum atomic E-state index is -0.528. The molecule has 4 heteroatoms. The lowest BCUT2D eigenvalue weighted by Gasteiger charge is -2.28. The van der Waals surface area contributed by atoms with E-state index in [0.717, 1.165) is 44.1 Å². The van der Waals surface area contributed by atoms with Crippen LogP contribution in [0.4, 0.5) is 0 Å². The van der Waals surface area contributed by atoms with Gasteiger partial charge in [0.1, 0.15) is 6.04 Å². The molecule has 4 nitrogen and oxygen atoms in total. The zero-order chi connectivity index (χ0) is 19.8. The number of esters is 1. The Labute approximate surface area is 169 Å². The Kier molecular flexibility index (Phi) is 7.66. The van der Waals surface area contributed by atoms with Gasteiger partial charge in [0.25, 0.3) is 0 Å². The first kappa shape index (κ1) is 21.0. The predicted molar refractivity (Wildman–Crippen MR) is 111 cm³/mol. The molecule has 1 saturated heterocycles. The van der Waals surface area contributed by atoms with Crippen molar-refractivity contribution < 1.29 is 14.3 Å². The van der Waals surface area contributed by atoms with Gasteiger partial charge in [0.2, 0.25) is 0 Å². The average molecular weight is 386 g/mol. The third-order valence-electron chi connectivity index (χ3n) is 6.50. The Morgan fingerprint density at radius 2 is 1.86 bits per heavy atom. The number of carbonyl (C=O) groups is 2. The molecule has 2 aliphatic rings. The highest BCUT2D eigenvalue weighted by Crippen LogP contribution is 2.45. The Balaban J connectivity index is 1.48. The summed E-state index contributed by atoms with van der Waals surface area (Å²) in [6.45, 7) is 2.71. The molecule has 154 valence electrons. The Morgan fingerprint density at radius 1 is 1.11 bits per heavy atom. The summed E-state index contributed by atoms with van der Waals surface area (Å²) in [4.78, 5) is 25.7. The summed E-state index contributed by atoms with van der Waals surface area (Å²) >= 11 is 0. The van der Waals surface area contributed by atoms with Crippen molar-refractivity contribution in [3.63, 3.8) is 0 Å². The molecule has 1 saturated carbocycles. The van der Waals surface area contributed by atoms with Crippen LogP contribution in [0.25, 0.3) is 0 Å². The maximum Gasteiger partial charge on any atom is 0.323 e. The Bertz CT molecular complexity index is 645. The molecule has 1 heterocycles. The summed E-state index contributed by atoms with van der Waals surface area (Å²) in [7, 11) is 0. The number of ketones is 1. The van der Waals surface area contributed by atoms with Gasteiger partial charge in [0.15, 0.2) is 5.78 Å². The first-order valence-corrected chi connectivity index (χ1v) is 11.2. The van der Waals surface area contributed by atoms with Crippen LogP contribution in [0.1, 0.15) is 76.7 Å². The molecule has 3 rings (SSSR count). The second-order valence-electron chi connectivity index (χ2n) is 8.51. The largest absolute Gasteiger partial charge is 0.465 e. The summed E-state index contributed by atoms with van der Waals surface area (Å²) < 4.78 is 5.53. The molecular weight excluding hydrogens is 350 g/mol. The van der Waals surface area contributed by atoms with Crippen molar-refractivity contribution in [2.45, 2.75) is 89.1 Å². The van der Waals surface area contributed by atoms with Crippen LogP contribution in [-0.4, -0.2) is 29.9 Å². The second kappa shape index (κ2) is 10.2. The van der Waals surface area contributed by atoms with E-state index >= 15 is 0 Å². The molecule has 1 aliphatic heterocycles. The molecule has 0 bridgehead atoms. The Morgan fingerprint density at radius 3 is 2.64 bits per heavy atom. The molecule has 0 aromatic heterocycles. The monoisotopic (exact) mass is 385 g/mol. The van der Waals surface area contributed by atoms with Crippen molar-refractivity contribution in [2.24, 2.45) is 5.92 Å². The van der Waals surface area contributed by atoms with Crippen molar-refractivity contribution in [1.82, 2.24) is 5.32 Å². The number of Topliss-reactive ketones (excluding diaryl/α,β-unsaturated/α-hetero) is 1. The fourth-order valence-corrected chi connectivity index (χ4v) is 4.94. The van der Waals surface area contributed by atoms with Gasteiger partial charge in [-0.2, -0.15) is 0 Å². The summed E-state index contributed by atoms with van der Waals surface area (Å²) in [6, 6.07) is 9.58. The van der Waals surface area contributed by atoms with E-state index in [1.54, 1.807) is 0 Å². The second-order valence-corrected chi connectivity index (χ2v) is 8.51. The van der Waals surface area contributed by atoms with Crippen LogP contribution in [0, 0.1) is 5.92 Å². The van der Waals surface area contributed by atoms with Gasteiger partial charge in [-0.1, -0.05) is 75.8 Å². The van der Waals surface area contributed by atoms with Gasteiger partial charge in [-0.05, 0) is 37.2 Å². The smallest absolute Gasteiger partial charge is 0.323 e. The van der Waals surface area contributed by atoms with E-state index in [0.29, 0.717) is 13.0 Å². The minimum absolute atomic E-state index is 0.171. The van der Waals surface area contributed by atoms with Crippen molar-refractivity contribution in [3.05, 3.63) is 35.9 Å². The molecule has 1 aromatic rings. The van der Waals surface area contributed by atoms with Crippen molar-refractivity contribution in [1.29, 1.82) is 0 Å². The van der Waals surface area contributed by atoms with Gasteiger partial charge >= 0.3 is 5.97 Å². The van der Waals surface area contributed by atoms with E-state index in [1.807, 2.05) is 30.3 Å². The highest BCUT2D eigenvalue weighted by molar-refractivity contribution is 5.92. The average Bonchev–Trinajstić information content (AvgIpc) is 3.26. The summed E-state index contributed by atoms with van der Waals surface area (Å²) in [5.41, 5.74) is 0.517. The number of carbonyl (C=O) groups excluding carboxylic acids is 2. The molecule has 1 aromatic carbocycles. The van der Waals surface area contributed by atoms with Crippen molar-refractivity contribution in [3.8, 4) is 0 Å². The standard InChI is InChI=1S/C24H35NO3/c1-2-3-4-5-6-10-16-28-23(27)21-18-20-14-11-15-24(20,25-21)22(26)17-19-12-8-7-9-13-19/h7-9,12-13,20-21,25H,2-6,10-11,14-18H2,1H3/t20-,21-,24-/m0/s1. The molecule has 28 heavy (non-hydrogen) atoms. The fraction of sp³-hybridized carbons (Fsp3) is 0.667. The SMILES string of the molecule is CCCCCCCCOC(=O)[C@@H]1C[C@@H]2CCC[C@]2(C(=O)Cc2ccccc2)N1. The normalized spacial score (nSPS) is 26.2. The van der Waals surface area contributed by atoms with Crippen LogP contribution in [0.2, 0.25) is 0 Å². The quantitative estimate of drug-likeness (QED) is 0.447. The number of rotatable bonds is 11. The highest BCUT2D eigenvalue weighted by Gasteiger charge is 2.55. The number of fused-ring (bicyclic) bond motifs is 1. The van der Waals surface area contributed by atoms with Crippen LogP contribution in [0.3, 0.4) is 0 Å². The molecule has 0 radical (unpaired) electrons. The van der Waals surface area contributed by atoms with Crippen LogP contribution in [-0.2, 0) is 20.7 Å². The van der Waals surface area contributed by atoms with E-state index in [4.69, 9.17) is 4.74 Å². The molecule has 0 unspecified atom stereocenters. The Hall–Kier alpha value is -1.68. The maximum atomic E-state index is 13.2. The van der Waals surface area contributed by atoms with Gasteiger partial charge in [-0.15, -0.1) is 0 Å². The van der Waals surface area contributed by atoms with Crippen LogP contribution < -0.4 is 5.32 Å². The van der Waals surface area contributed by atoms with E-state index in [2.05, 4.69) is 12.2 Å². The van der Waals surface area contributed by atoms with Crippen LogP contribution in [0.15, 0.2) is 30.3 Å². The number of ether oxygens (including phenoxy) is 1. The first-order valence-electron chi connectivity index (χ1n) is 11.2. The van der Waals surface area contributed by atoms with E-state index in [-0.39, 0.29) is 23.7 Å². The van der Waals surface area contributed by atoms with Gasteiger partial charge < -0.3 is 4.74 Å². The third kappa shape index (κ3) is 5.02. The van der Waals surface area contributed by atoms with E-state index in [9.17, 15) is 9.59 Å². The summed E-state index contributed by atoms with van der Waals surface area (Å²) in [5, 5.41) is 3.43. The number of nitrogens with one attached hydrogen (secondary N) is 1. The van der Waals surface area contributed by atoms with E-state index < -0.39 is 5.54 Å². The molecule has 0 amide bonds. The third-order valence-corrected chi connectivity index (χ3v) is 6.50. The molecule has 2 fully saturated rings. The highest BCUT2D eigenvalue weighted by atomic mass is 16.5. The van der Waals surface area contributed by atoms with E-state index in [1.165, 1.54) is 25.7 Å². The van der Waals surface area contributed by atoms with Crippen LogP contribution >= 0.6 is 0 Å². The summed E-state index contributed by atoms with van der Waals surface area (Å²) in [6.07, 6.45) is 11.1. The van der Waals surface area contributed by atoms with Gasteiger partial charge in [0.05, 0.1) is 12.1 Å². The van der Waals surface area contributed by atoms with Crippen molar-refractivity contribution >= 4 is 11.8 Å². The van der Waals surface area contributed by atoms with Gasteiger partial charge in [-0.3, -0.25) is 14.9 Å². The number of benzene rings is 1. The maximum absolute atomic E-state index is 13.2. The van der Waals surface area contributed by atoms with Crippen LogP contribution in [0.5, 0.6) is 0 Å². The fourth-order valence-electron chi connectivity index (χ4n) is 4.94. The lowest BCUT2D eigenvalue weighted by molar-refractivity contribution is -0.146. The topological polar surface area (TPSA) is 55.4 Å². The molecule has 3 atom stereocenters. The number of hydrogen-bond acceptors (Lipinski definition) is 4.